The Balaban J connectivity index is 3.48. The van der Waals surface area contributed by atoms with Crippen LogP contribution in [0, 0.1) is 6.92 Å². The van der Waals surface area contributed by atoms with Gasteiger partial charge in [0.1, 0.15) is 0 Å². The van der Waals surface area contributed by atoms with Crippen molar-refractivity contribution >= 4 is 22.0 Å². The van der Waals surface area contributed by atoms with Gasteiger partial charge in [-0.15, -0.1) is 0 Å². The first kappa shape index (κ1) is 11.3. The molecule has 4 heteroatoms. The molecule has 0 atom stereocenters. The van der Waals surface area contributed by atoms with Crippen molar-refractivity contribution in [2.45, 2.75) is 13.1 Å². The molecule has 0 heterocycles. The monoisotopic (exact) mass is 264 g/mol. The molecule has 0 N–H and O–H groups in total. The van der Waals surface area contributed by atoms with Gasteiger partial charge in [-0.2, -0.15) is 13.2 Å². The van der Waals surface area contributed by atoms with Crippen LogP contribution in [0.5, 0.6) is 0 Å². The smallest absolute Gasteiger partial charge is 0.166 e. The van der Waals surface area contributed by atoms with Crippen LogP contribution in [0.25, 0.3) is 6.08 Å². The van der Waals surface area contributed by atoms with Crippen molar-refractivity contribution in [2.75, 3.05) is 0 Å². The van der Waals surface area contributed by atoms with Gasteiger partial charge in [-0.1, -0.05) is 28.6 Å². The van der Waals surface area contributed by atoms with Gasteiger partial charge in [-0.05, 0) is 30.2 Å². The standard InChI is InChI=1S/C10H8BrF3/c1-3-8-6(2)4-7(11)5-9(8)10(12,13)14/h3-5H,1H2,2H3. The average molecular weight is 265 g/mol. The van der Waals surface area contributed by atoms with Crippen molar-refractivity contribution in [3.05, 3.63) is 39.9 Å². The Labute approximate surface area is 88.6 Å². The maximum absolute atomic E-state index is 12.5. The quantitative estimate of drug-likeness (QED) is 0.705. The van der Waals surface area contributed by atoms with Crippen molar-refractivity contribution in [3.63, 3.8) is 0 Å². The predicted octanol–water partition coefficient (Wildman–Crippen LogP) is 4.42. The van der Waals surface area contributed by atoms with E-state index in [4.69, 9.17) is 0 Å². The first-order chi connectivity index (χ1) is 6.36. The third-order valence-corrected chi connectivity index (χ3v) is 2.32. The third-order valence-electron chi connectivity index (χ3n) is 1.86. The van der Waals surface area contributed by atoms with Gasteiger partial charge in [-0.3, -0.25) is 0 Å². The molecule has 1 aromatic rings. The summed E-state index contributed by atoms with van der Waals surface area (Å²) < 4.78 is 38.0. The average Bonchev–Trinajstić information content (AvgIpc) is 2.01. The Hall–Kier alpha value is -0.770. The van der Waals surface area contributed by atoms with E-state index in [2.05, 4.69) is 22.5 Å². The molecule has 1 aromatic carbocycles. The van der Waals surface area contributed by atoms with Gasteiger partial charge in [0.2, 0.25) is 0 Å². The van der Waals surface area contributed by atoms with Crippen LogP contribution in [0.4, 0.5) is 13.2 Å². The fourth-order valence-electron chi connectivity index (χ4n) is 1.26. The molecule has 0 amide bonds. The normalized spacial score (nSPS) is 11.5. The Bertz CT molecular complexity index is 366. The predicted molar refractivity (Wildman–Crippen MR) is 54.0 cm³/mol. The lowest BCUT2D eigenvalue weighted by Gasteiger charge is -2.13. The molecule has 0 radical (unpaired) electrons. The lowest BCUT2D eigenvalue weighted by molar-refractivity contribution is -0.137. The summed E-state index contributed by atoms with van der Waals surface area (Å²) in [4.78, 5) is 0. The van der Waals surface area contributed by atoms with E-state index >= 15 is 0 Å². The Morgan fingerprint density at radius 2 is 1.93 bits per heavy atom. The minimum atomic E-state index is -4.34. The number of hydrogen-bond acceptors (Lipinski definition) is 0. The molecule has 0 aliphatic heterocycles. The van der Waals surface area contributed by atoms with Gasteiger partial charge in [0.05, 0.1) is 5.56 Å². The SMILES string of the molecule is C=Cc1c(C)cc(Br)cc1C(F)(F)F. The summed E-state index contributed by atoms with van der Waals surface area (Å²) in [6, 6.07) is 2.69. The number of benzene rings is 1. The highest BCUT2D eigenvalue weighted by atomic mass is 79.9. The Morgan fingerprint density at radius 1 is 1.36 bits per heavy atom. The van der Waals surface area contributed by atoms with Gasteiger partial charge >= 0.3 is 6.18 Å². The molecule has 0 nitrogen and oxygen atoms in total. The second kappa shape index (κ2) is 3.77. The first-order valence-corrected chi connectivity index (χ1v) is 4.65. The van der Waals surface area contributed by atoms with E-state index in [1.54, 1.807) is 13.0 Å². The Morgan fingerprint density at radius 3 is 2.36 bits per heavy atom. The molecule has 0 fully saturated rings. The Kier molecular flexibility index (Phi) is 3.04. The fraction of sp³-hybridized carbons (Fsp3) is 0.200. The molecular formula is C10H8BrF3. The fourth-order valence-corrected chi connectivity index (χ4v) is 1.83. The summed E-state index contributed by atoms with van der Waals surface area (Å²) in [7, 11) is 0. The van der Waals surface area contributed by atoms with Crippen molar-refractivity contribution < 1.29 is 13.2 Å². The van der Waals surface area contributed by atoms with Crippen molar-refractivity contribution in [1.82, 2.24) is 0 Å². The van der Waals surface area contributed by atoms with Crippen LogP contribution in [0.2, 0.25) is 0 Å². The largest absolute Gasteiger partial charge is 0.417 e. The molecule has 0 unspecified atom stereocenters. The highest BCUT2D eigenvalue weighted by Gasteiger charge is 2.33. The molecule has 14 heavy (non-hydrogen) atoms. The van der Waals surface area contributed by atoms with E-state index in [0.717, 1.165) is 6.07 Å². The lowest BCUT2D eigenvalue weighted by Crippen LogP contribution is -2.08. The van der Waals surface area contributed by atoms with E-state index in [9.17, 15) is 13.2 Å². The number of hydrogen-bond donors (Lipinski definition) is 0. The third kappa shape index (κ3) is 2.18. The van der Waals surface area contributed by atoms with Crippen molar-refractivity contribution in [2.24, 2.45) is 0 Å². The van der Waals surface area contributed by atoms with Gasteiger partial charge in [0.15, 0.2) is 0 Å². The lowest BCUT2D eigenvalue weighted by atomic mass is 10.0. The number of aryl methyl sites for hydroxylation is 1. The van der Waals surface area contributed by atoms with Crippen LogP contribution in [0.1, 0.15) is 16.7 Å². The minimum absolute atomic E-state index is 0.140. The van der Waals surface area contributed by atoms with Crippen LogP contribution in [0.3, 0.4) is 0 Å². The highest BCUT2D eigenvalue weighted by Crippen LogP contribution is 2.35. The number of rotatable bonds is 1. The summed E-state index contributed by atoms with van der Waals surface area (Å²) in [6.07, 6.45) is -3.11. The topological polar surface area (TPSA) is 0 Å². The van der Waals surface area contributed by atoms with Crippen LogP contribution < -0.4 is 0 Å². The van der Waals surface area contributed by atoms with Gasteiger partial charge in [-0.25, -0.2) is 0 Å². The van der Waals surface area contributed by atoms with Crippen LogP contribution >= 0.6 is 15.9 Å². The molecule has 0 bridgehead atoms. The van der Waals surface area contributed by atoms with E-state index in [0.29, 0.717) is 10.0 Å². The van der Waals surface area contributed by atoms with Crippen LogP contribution in [-0.2, 0) is 6.18 Å². The van der Waals surface area contributed by atoms with Crippen LogP contribution in [0.15, 0.2) is 23.2 Å². The van der Waals surface area contributed by atoms with Gasteiger partial charge in [0, 0.05) is 4.47 Å². The van der Waals surface area contributed by atoms with Crippen molar-refractivity contribution in [1.29, 1.82) is 0 Å². The molecule has 76 valence electrons. The van der Waals surface area contributed by atoms with Gasteiger partial charge < -0.3 is 0 Å². The zero-order valence-electron chi connectivity index (χ0n) is 7.45. The molecule has 0 aliphatic carbocycles. The maximum Gasteiger partial charge on any atom is 0.417 e. The second-order valence-electron chi connectivity index (χ2n) is 2.89. The van der Waals surface area contributed by atoms with E-state index in [1.165, 1.54) is 6.08 Å². The zero-order valence-corrected chi connectivity index (χ0v) is 9.04. The maximum atomic E-state index is 12.5. The molecule has 0 spiro atoms. The number of halogens is 4. The summed E-state index contributed by atoms with van der Waals surface area (Å²) in [5, 5.41) is 0. The van der Waals surface area contributed by atoms with E-state index in [1.807, 2.05) is 0 Å². The zero-order chi connectivity index (χ0) is 10.9. The molecule has 0 saturated heterocycles. The molecule has 0 aliphatic rings. The summed E-state index contributed by atoms with van der Waals surface area (Å²) in [6.45, 7) is 5.00. The van der Waals surface area contributed by atoms with Gasteiger partial charge in [0.25, 0.3) is 0 Å². The van der Waals surface area contributed by atoms with E-state index < -0.39 is 11.7 Å². The molecule has 1 rings (SSSR count). The molecule has 0 aromatic heterocycles. The molecular weight excluding hydrogens is 257 g/mol. The van der Waals surface area contributed by atoms with Crippen LogP contribution in [-0.4, -0.2) is 0 Å². The second-order valence-corrected chi connectivity index (χ2v) is 3.80. The van der Waals surface area contributed by atoms with E-state index in [-0.39, 0.29) is 5.56 Å². The van der Waals surface area contributed by atoms with Crippen molar-refractivity contribution in [3.8, 4) is 0 Å². The first-order valence-electron chi connectivity index (χ1n) is 3.86. The number of alkyl halides is 3. The minimum Gasteiger partial charge on any atom is -0.166 e. The summed E-state index contributed by atoms with van der Waals surface area (Å²) in [5.74, 6) is 0. The summed E-state index contributed by atoms with van der Waals surface area (Å²) >= 11 is 3.03. The highest BCUT2D eigenvalue weighted by molar-refractivity contribution is 9.10. The summed E-state index contributed by atoms with van der Waals surface area (Å²) in [5.41, 5.74) is 0.0433. The molecule has 0 saturated carbocycles.